The van der Waals surface area contributed by atoms with Crippen molar-refractivity contribution in [3.05, 3.63) is 48.6 Å². The van der Waals surface area contributed by atoms with Gasteiger partial charge >= 0.3 is 0 Å². The van der Waals surface area contributed by atoms with Gasteiger partial charge in [0.25, 0.3) is 12.9 Å². The molecule has 0 saturated carbocycles. The fourth-order valence-electron chi connectivity index (χ4n) is 2.57. The van der Waals surface area contributed by atoms with Gasteiger partial charge in [-0.05, 0) is 12.8 Å². The lowest BCUT2D eigenvalue weighted by Crippen LogP contribution is -2.49. The van der Waals surface area contributed by atoms with Crippen molar-refractivity contribution in [3.8, 4) is 0 Å². The molecule has 0 aromatic rings. The van der Waals surface area contributed by atoms with Gasteiger partial charge in [-0.1, -0.05) is 48.6 Å². The van der Waals surface area contributed by atoms with Gasteiger partial charge in [0.1, 0.15) is 10.8 Å². The van der Waals surface area contributed by atoms with Crippen LogP contribution in [-0.4, -0.2) is 18.6 Å². The van der Waals surface area contributed by atoms with E-state index in [1.165, 1.54) is 36.5 Å². The smallest absolute Gasteiger partial charge is 0.254 e. The Balaban J connectivity index is 2.46. The van der Waals surface area contributed by atoms with Gasteiger partial charge < -0.3 is 0 Å². The van der Waals surface area contributed by atoms with E-state index in [1.807, 2.05) is 0 Å². The lowest BCUT2D eigenvalue weighted by molar-refractivity contribution is -0.149. The Kier molecular flexibility index (Phi) is 3.97. The maximum atomic E-state index is 13.4. The number of hydrogen-bond acceptors (Lipinski definition) is 1. The third-order valence-corrected chi connectivity index (χ3v) is 3.82. The Labute approximate surface area is 114 Å². The zero-order chi connectivity index (χ0) is 14.8. The number of carbonyl (C=O) groups excluding carboxylic acids is 1. The highest BCUT2D eigenvalue weighted by Crippen LogP contribution is 2.47. The van der Waals surface area contributed by atoms with E-state index in [-0.39, 0.29) is 12.8 Å². The molecular formula is C15H14F4O. The number of Topliss-reactive ketones (excluding diaryl/α,β-unsaturated/α-hetero) is 1. The predicted molar refractivity (Wildman–Crippen MR) is 67.7 cm³/mol. The van der Waals surface area contributed by atoms with Gasteiger partial charge in [-0.3, -0.25) is 4.79 Å². The molecule has 0 aromatic heterocycles. The molecule has 0 radical (unpaired) electrons. The van der Waals surface area contributed by atoms with Crippen LogP contribution in [0.5, 0.6) is 0 Å². The molecular weight excluding hydrogens is 272 g/mol. The second-order valence-corrected chi connectivity index (χ2v) is 4.99. The highest BCUT2D eigenvalue weighted by atomic mass is 19.3. The predicted octanol–water partition coefficient (Wildman–Crippen LogP) is 4.09. The van der Waals surface area contributed by atoms with Crippen LogP contribution in [0, 0.1) is 10.8 Å². The van der Waals surface area contributed by atoms with Crippen molar-refractivity contribution in [2.24, 2.45) is 10.8 Å². The summed E-state index contributed by atoms with van der Waals surface area (Å²) in [6, 6.07) is 0. The van der Waals surface area contributed by atoms with Gasteiger partial charge in [0.15, 0.2) is 5.78 Å². The zero-order valence-electron chi connectivity index (χ0n) is 10.6. The van der Waals surface area contributed by atoms with Gasteiger partial charge in [-0.2, -0.15) is 0 Å². The molecule has 5 heteroatoms. The molecule has 2 atom stereocenters. The lowest BCUT2D eigenvalue weighted by Gasteiger charge is -2.38. The fraction of sp³-hybridized carbons (Fsp3) is 0.400. The van der Waals surface area contributed by atoms with Crippen molar-refractivity contribution >= 4 is 5.78 Å². The number of rotatable bonds is 4. The summed E-state index contributed by atoms with van der Waals surface area (Å²) in [5.41, 5.74) is -4.33. The highest BCUT2D eigenvalue weighted by molar-refractivity contribution is 5.95. The SMILES string of the molecule is O=C(C1(C(F)F)C=CC=CC1)C1(C(F)F)C=CC=CC1. The molecule has 0 aromatic carbocycles. The van der Waals surface area contributed by atoms with E-state index in [0.29, 0.717) is 0 Å². The first-order chi connectivity index (χ1) is 9.46. The monoisotopic (exact) mass is 286 g/mol. The molecule has 0 N–H and O–H groups in total. The quantitative estimate of drug-likeness (QED) is 0.711. The molecule has 0 aliphatic heterocycles. The van der Waals surface area contributed by atoms with Crippen LogP contribution in [0.25, 0.3) is 0 Å². The minimum Gasteiger partial charge on any atom is -0.297 e. The fourth-order valence-corrected chi connectivity index (χ4v) is 2.57. The van der Waals surface area contributed by atoms with Crippen molar-refractivity contribution < 1.29 is 22.4 Å². The van der Waals surface area contributed by atoms with Gasteiger partial charge in [0, 0.05) is 0 Å². The van der Waals surface area contributed by atoms with Gasteiger partial charge in [0.05, 0.1) is 0 Å². The van der Waals surface area contributed by atoms with E-state index in [2.05, 4.69) is 0 Å². The largest absolute Gasteiger partial charge is 0.297 e. The molecule has 108 valence electrons. The van der Waals surface area contributed by atoms with Crippen molar-refractivity contribution in [1.82, 2.24) is 0 Å². The Morgan fingerprint density at radius 3 is 1.45 bits per heavy atom. The number of hydrogen-bond donors (Lipinski definition) is 0. The topological polar surface area (TPSA) is 17.1 Å². The number of carbonyl (C=O) groups is 1. The Bertz CT molecular complexity index is 460. The molecule has 0 heterocycles. The summed E-state index contributed by atoms with van der Waals surface area (Å²) in [5, 5.41) is 0. The summed E-state index contributed by atoms with van der Waals surface area (Å²) in [6.07, 6.45) is 4.04. The third-order valence-electron chi connectivity index (χ3n) is 3.82. The summed E-state index contributed by atoms with van der Waals surface area (Å²) in [5.74, 6) is -1.11. The van der Waals surface area contributed by atoms with Crippen molar-refractivity contribution in [2.45, 2.75) is 25.7 Å². The van der Waals surface area contributed by atoms with Crippen molar-refractivity contribution in [2.75, 3.05) is 0 Å². The lowest BCUT2D eigenvalue weighted by atomic mass is 9.64. The normalized spacial score (nSPS) is 32.3. The summed E-state index contributed by atoms with van der Waals surface area (Å²) in [7, 11) is 0. The van der Waals surface area contributed by atoms with Gasteiger partial charge in [-0.15, -0.1) is 0 Å². The Morgan fingerprint density at radius 1 is 0.800 bits per heavy atom. The van der Waals surface area contributed by atoms with Gasteiger partial charge in [-0.25, -0.2) is 17.6 Å². The average Bonchev–Trinajstić information content (AvgIpc) is 2.47. The van der Waals surface area contributed by atoms with Crippen LogP contribution >= 0.6 is 0 Å². The number of allylic oxidation sites excluding steroid dienone is 8. The molecule has 2 aliphatic rings. The molecule has 1 nitrogen and oxygen atoms in total. The maximum Gasteiger partial charge on any atom is 0.254 e. The molecule has 0 amide bonds. The van der Waals surface area contributed by atoms with Gasteiger partial charge in [0.2, 0.25) is 0 Å². The van der Waals surface area contributed by atoms with E-state index in [1.54, 1.807) is 0 Å². The van der Waals surface area contributed by atoms with E-state index >= 15 is 0 Å². The molecule has 0 saturated heterocycles. The number of ketones is 1. The first kappa shape index (κ1) is 14.8. The zero-order valence-corrected chi connectivity index (χ0v) is 10.6. The maximum absolute atomic E-state index is 13.4. The molecule has 2 aliphatic carbocycles. The summed E-state index contributed by atoms with van der Waals surface area (Å²) < 4.78 is 53.7. The molecule has 0 bridgehead atoms. The third kappa shape index (κ3) is 2.15. The first-order valence-corrected chi connectivity index (χ1v) is 6.26. The summed E-state index contributed by atoms with van der Waals surface area (Å²) in [6.45, 7) is 0. The highest BCUT2D eigenvalue weighted by Gasteiger charge is 2.56. The second kappa shape index (κ2) is 5.38. The summed E-state index contributed by atoms with van der Waals surface area (Å²) in [4.78, 5) is 12.5. The molecule has 0 spiro atoms. The van der Waals surface area contributed by atoms with Crippen LogP contribution in [0.1, 0.15) is 12.8 Å². The summed E-state index contributed by atoms with van der Waals surface area (Å²) >= 11 is 0. The van der Waals surface area contributed by atoms with Crippen molar-refractivity contribution in [1.29, 1.82) is 0 Å². The minimum atomic E-state index is -3.02. The minimum absolute atomic E-state index is 0.258. The van der Waals surface area contributed by atoms with Crippen LogP contribution in [-0.2, 0) is 4.79 Å². The average molecular weight is 286 g/mol. The molecule has 2 rings (SSSR count). The second-order valence-electron chi connectivity index (χ2n) is 4.99. The van der Waals surface area contributed by atoms with Crippen LogP contribution in [0.15, 0.2) is 48.6 Å². The van der Waals surface area contributed by atoms with Crippen LogP contribution in [0.2, 0.25) is 0 Å². The molecule has 0 fully saturated rings. The van der Waals surface area contributed by atoms with E-state index in [4.69, 9.17) is 0 Å². The van der Waals surface area contributed by atoms with Crippen molar-refractivity contribution in [3.63, 3.8) is 0 Å². The standard InChI is InChI=1S/C15H14F4O/c16-12(17)14(7-3-1-4-8-14)11(20)15(13(18)19)9-5-2-6-10-15/h1-7,9,12-13H,8,10H2. The number of alkyl halides is 4. The van der Waals surface area contributed by atoms with Crippen LogP contribution in [0.3, 0.4) is 0 Å². The van der Waals surface area contributed by atoms with Crippen LogP contribution < -0.4 is 0 Å². The Morgan fingerprint density at radius 2 is 1.20 bits per heavy atom. The van der Waals surface area contributed by atoms with E-state index < -0.39 is 29.5 Å². The molecule has 20 heavy (non-hydrogen) atoms. The Hall–Kier alpha value is -1.65. The van der Waals surface area contributed by atoms with E-state index in [0.717, 1.165) is 12.2 Å². The molecule has 2 unspecified atom stereocenters. The van der Waals surface area contributed by atoms with Crippen LogP contribution in [0.4, 0.5) is 17.6 Å². The number of halogens is 4. The first-order valence-electron chi connectivity index (χ1n) is 6.26. The van der Waals surface area contributed by atoms with E-state index in [9.17, 15) is 22.4 Å².